The van der Waals surface area contributed by atoms with Gasteiger partial charge in [0.2, 0.25) is 0 Å². The van der Waals surface area contributed by atoms with Crippen LogP contribution in [0.2, 0.25) is 0 Å². The number of halogens is 2. The van der Waals surface area contributed by atoms with Crippen LogP contribution >= 0.6 is 23.2 Å². The molecule has 1 rings (SSSR count). The summed E-state index contributed by atoms with van der Waals surface area (Å²) >= 11 is 11.5. The lowest BCUT2D eigenvalue weighted by Gasteiger charge is -2.24. The average Bonchev–Trinajstić information content (AvgIpc) is 1.59. The highest BCUT2D eigenvalue weighted by atomic mass is 35.5. The Morgan fingerprint density at radius 3 is 1.78 bits per heavy atom. The van der Waals surface area contributed by atoms with Crippen LogP contribution in [0.4, 0.5) is 0 Å². The van der Waals surface area contributed by atoms with Gasteiger partial charge in [-0.25, -0.2) is 0 Å². The normalized spacial score (nSPS) is 45.0. The first-order chi connectivity index (χ1) is 4.18. The van der Waals surface area contributed by atoms with Gasteiger partial charge in [-0.05, 0) is 19.3 Å². The van der Waals surface area contributed by atoms with Gasteiger partial charge >= 0.3 is 0 Å². The van der Waals surface area contributed by atoms with Crippen molar-refractivity contribution in [3.05, 3.63) is 0 Å². The zero-order valence-corrected chi connectivity index (χ0v) is 6.57. The molecule has 0 saturated heterocycles. The van der Waals surface area contributed by atoms with E-state index >= 15 is 0 Å². The summed E-state index contributed by atoms with van der Waals surface area (Å²) in [5.41, 5.74) is 0. The van der Waals surface area contributed by atoms with E-state index in [9.17, 15) is 0 Å². The second-order valence-corrected chi connectivity index (χ2v) is 3.79. The predicted molar refractivity (Wildman–Crippen MR) is 39.1 cm³/mol. The molecule has 2 unspecified atom stereocenters. The third-order valence-corrected chi connectivity index (χ3v) is 2.28. The van der Waals surface area contributed by atoms with Crippen LogP contribution in [0.15, 0.2) is 0 Å². The van der Waals surface area contributed by atoms with Crippen LogP contribution in [0.3, 0.4) is 0 Å². The van der Waals surface area contributed by atoms with Crippen molar-refractivity contribution in [2.45, 2.75) is 36.1 Å². The Morgan fingerprint density at radius 1 is 1.00 bits per heavy atom. The molecule has 0 bridgehead atoms. The van der Waals surface area contributed by atoms with E-state index in [1.165, 1.54) is 0 Å². The van der Waals surface area contributed by atoms with Gasteiger partial charge in [0.15, 0.2) is 0 Å². The van der Waals surface area contributed by atoms with E-state index in [1.54, 1.807) is 0 Å². The Labute approximate surface area is 65.0 Å². The molecule has 54 valence electrons. The summed E-state index contributed by atoms with van der Waals surface area (Å²) in [6, 6.07) is 0. The van der Waals surface area contributed by atoms with E-state index < -0.39 is 0 Å². The summed E-state index contributed by atoms with van der Waals surface area (Å²) < 4.78 is 0. The number of rotatable bonds is 0. The van der Waals surface area contributed by atoms with Crippen LogP contribution in [0.5, 0.6) is 0 Å². The Balaban J connectivity index is 2.34. The molecule has 1 fully saturated rings. The van der Waals surface area contributed by atoms with Gasteiger partial charge in [-0.2, -0.15) is 0 Å². The van der Waals surface area contributed by atoms with E-state index in [0.717, 1.165) is 6.42 Å². The van der Waals surface area contributed by atoms with Crippen molar-refractivity contribution in [3.8, 4) is 0 Å². The zero-order valence-electron chi connectivity index (χ0n) is 5.06. The molecule has 0 spiro atoms. The van der Waals surface area contributed by atoms with Gasteiger partial charge in [0.1, 0.15) is 0 Å². The summed E-state index contributed by atoms with van der Waals surface area (Å²) in [6.07, 6.45) is 1.96. The molecule has 0 aromatic heterocycles. The fourth-order valence-corrected chi connectivity index (χ4v) is 2.09. The maximum atomic E-state index is 9.08. The molecule has 3 heteroatoms. The lowest BCUT2D eigenvalue weighted by molar-refractivity contribution is 0.134. The van der Waals surface area contributed by atoms with Gasteiger partial charge in [-0.15, -0.1) is 23.2 Å². The highest BCUT2D eigenvalue weighted by molar-refractivity contribution is 6.23. The molecule has 1 aliphatic carbocycles. The standard InChI is InChI=1S/C6H10Cl2O/c7-4-1-5(8)3-6(9)2-4/h4-6,9H,1-3H2. The first-order valence-electron chi connectivity index (χ1n) is 3.14. The second-order valence-electron chi connectivity index (χ2n) is 2.56. The van der Waals surface area contributed by atoms with E-state index in [1.807, 2.05) is 0 Å². The average molecular weight is 169 g/mol. The number of hydrogen-bond acceptors (Lipinski definition) is 1. The summed E-state index contributed by atoms with van der Waals surface area (Å²) in [4.78, 5) is 0. The molecule has 0 aromatic carbocycles. The number of alkyl halides is 2. The van der Waals surface area contributed by atoms with Gasteiger partial charge in [0.05, 0.1) is 6.10 Å². The minimum Gasteiger partial charge on any atom is -0.393 e. The van der Waals surface area contributed by atoms with E-state index in [0.29, 0.717) is 12.8 Å². The lowest BCUT2D eigenvalue weighted by Crippen LogP contribution is -2.26. The highest BCUT2D eigenvalue weighted by Gasteiger charge is 2.24. The van der Waals surface area contributed by atoms with E-state index in [-0.39, 0.29) is 16.9 Å². The fourth-order valence-electron chi connectivity index (χ4n) is 1.16. The van der Waals surface area contributed by atoms with Crippen molar-refractivity contribution in [3.63, 3.8) is 0 Å². The summed E-state index contributed by atoms with van der Waals surface area (Å²) in [5.74, 6) is 0. The molecule has 0 amide bonds. The lowest BCUT2D eigenvalue weighted by atomic mass is 9.97. The molecule has 0 aliphatic heterocycles. The van der Waals surface area contributed by atoms with Gasteiger partial charge in [0, 0.05) is 10.8 Å². The molecular weight excluding hydrogens is 159 g/mol. The van der Waals surface area contributed by atoms with Gasteiger partial charge in [-0.1, -0.05) is 0 Å². The van der Waals surface area contributed by atoms with E-state index in [4.69, 9.17) is 28.3 Å². The smallest absolute Gasteiger partial charge is 0.0568 e. The second kappa shape index (κ2) is 3.09. The monoisotopic (exact) mass is 168 g/mol. The first kappa shape index (κ1) is 7.64. The molecule has 1 aliphatic rings. The van der Waals surface area contributed by atoms with E-state index in [2.05, 4.69) is 0 Å². The largest absolute Gasteiger partial charge is 0.393 e. The quantitative estimate of drug-likeness (QED) is 0.547. The maximum Gasteiger partial charge on any atom is 0.0568 e. The minimum absolute atomic E-state index is 0.0799. The Kier molecular flexibility index (Phi) is 2.62. The Hall–Kier alpha value is 0.540. The molecule has 1 saturated carbocycles. The van der Waals surface area contributed by atoms with Crippen molar-refractivity contribution in [2.24, 2.45) is 0 Å². The third kappa shape index (κ3) is 2.32. The molecule has 9 heavy (non-hydrogen) atoms. The summed E-state index contributed by atoms with van der Waals surface area (Å²) in [7, 11) is 0. The van der Waals surface area contributed by atoms with Crippen molar-refractivity contribution in [1.82, 2.24) is 0 Å². The molecule has 0 radical (unpaired) electrons. The summed E-state index contributed by atoms with van der Waals surface area (Å²) in [6.45, 7) is 0. The SMILES string of the molecule is OC1CC(Cl)CC(Cl)C1. The molecule has 0 heterocycles. The van der Waals surface area contributed by atoms with Crippen molar-refractivity contribution in [2.75, 3.05) is 0 Å². The molecule has 1 N–H and O–H groups in total. The molecule has 1 nitrogen and oxygen atoms in total. The van der Waals surface area contributed by atoms with Crippen LogP contribution < -0.4 is 0 Å². The Bertz CT molecular complexity index is 72.0. The van der Waals surface area contributed by atoms with Crippen LogP contribution in [-0.2, 0) is 0 Å². The molecular formula is C6H10Cl2O. The van der Waals surface area contributed by atoms with Gasteiger partial charge < -0.3 is 5.11 Å². The minimum atomic E-state index is -0.274. The van der Waals surface area contributed by atoms with Crippen LogP contribution in [-0.4, -0.2) is 22.0 Å². The first-order valence-corrected chi connectivity index (χ1v) is 4.02. The van der Waals surface area contributed by atoms with Crippen molar-refractivity contribution in [1.29, 1.82) is 0 Å². The predicted octanol–water partition coefficient (Wildman–Crippen LogP) is 1.75. The van der Waals surface area contributed by atoms with Crippen LogP contribution in [0, 0.1) is 0 Å². The van der Waals surface area contributed by atoms with Crippen LogP contribution in [0.25, 0.3) is 0 Å². The molecule has 0 aromatic rings. The zero-order chi connectivity index (χ0) is 6.85. The third-order valence-electron chi connectivity index (χ3n) is 1.57. The van der Waals surface area contributed by atoms with Gasteiger partial charge in [0.25, 0.3) is 0 Å². The topological polar surface area (TPSA) is 20.2 Å². The maximum absolute atomic E-state index is 9.08. The van der Waals surface area contributed by atoms with Crippen molar-refractivity contribution >= 4 is 23.2 Å². The van der Waals surface area contributed by atoms with Crippen molar-refractivity contribution < 1.29 is 5.11 Å². The molecule has 2 atom stereocenters. The van der Waals surface area contributed by atoms with Crippen LogP contribution in [0.1, 0.15) is 19.3 Å². The Morgan fingerprint density at radius 2 is 1.44 bits per heavy atom. The fraction of sp³-hybridized carbons (Fsp3) is 1.00. The number of hydrogen-bond donors (Lipinski definition) is 1. The number of aliphatic hydroxyl groups excluding tert-OH is 1. The summed E-state index contributed by atoms with van der Waals surface area (Å²) in [5, 5.41) is 9.24. The highest BCUT2D eigenvalue weighted by Crippen LogP contribution is 2.26. The van der Waals surface area contributed by atoms with Gasteiger partial charge in [-0.3, -0.25) is 0 Å². The number of aliphatic hydroxyl groups is 1.